The van der Waals surface area contributed by atoms with Crippen LogP contribution in [0.3, 0.4) is 0 Å². The molecule has 0 radical (unpaired) electrons. The molecule has 150 valence electrons. The van der Waals surface area contributed by atoms with E-state index in [2.05, 4.69) is 4.99 Å². The second-order valence-corrected chi connectivity index (χ2v) is 7.03. The molecule has 0 spiro atoms. The molecular weight excluding hydrogens is 374 g/mol. The third kappa shape index (κ3) is 6.69. The molecule has 1 aliphatic heterocycles. The lowest BCUT2D eigenvalue weighted by Crippen LogP contribution is -2.33. The minimum absolute atomic E-state index is 0.0298. The summed E-state index contributed by atoms with van der Waals surface area (Å²) in [4.78, 5) is 15.6. The van der Waals surface area contributed by atoms with Gasteiger partial charge < -0.3 is 29.2 Å². The number of aromatic hydroxyl groups is 1. The molecule has 1 heterocycles. The summed E-state index contributed by atoms with van der Waals surface area (Å²) < 4.78 is 21.2. The van der Waals surface area contributed by atoms with E-state index < -0.39 is 11.5 Å². The third-order valence-corrected chi connectivity index (χ3v) is 5.04. The summed E-state index contributed by atoms with van der Waals surface area (Å²) in [6.45, 7) is 4.30. The van der Waals surface area contributed by atoms with Crippen molar-refractivity contribution in [1.82, 2.24) is 0 Å². The number of benzene rings is 1. The van der Waals surface area contributed by atoms with Crippen LogP contribution in [-0.4, -0.2) is 79.3 Å². The van der Waals surface area contributed by atoms with Gasteiger partial charge in [0.1, 0.15) is 18.1 Å². The van der Waals surface area contributed by atoms with Crippen molar-refractivity contribution in [3.63, 3.8) is 0 Å². The SMILES string of the molecule is COCCOCCOCCOc1cc(O)cc(C2=N[C@@](C)(C(=O)O)CS2)c1. The fourth-order valence-electron chi connectivity index (χ4n) is 2.23. The van der Waals surface area contributed by atoms with E-state index in [1.807, 2.05) is 0 Å². The van der Waals surface area contributed by atoms with Crippen LogP contribution in [0, 0.1) is 0 Å². The molecule has 1 aliphatic rings. The summed E-state index contributed by atoms with van der Waals surface area (Å²) in [5.74, 6) is -0.117. The Morgan fingerprint density at radius 3 is 2.44 bits per heavy atom. The van der Waals surface area contributed by atoms with Crippen LogP contribution in [-0.2, 0) is 19.0 Å². The van der Waals surface area contributed by atoms with Crippen molar-refractivity contribution in [2.45, 2.75) is 12.5 Å². The highest BCUT2D eigenvalue weighted by Crippen LogP contribution is 2.33. The Balaban J connectivity index is 1.81. The molecule has 2 N–H and O–H groups in total. The van der Waals surface area contributed by atoms with Gasteiger partial charge in [-0.05, 0) is 19.1 Å². The standard InChI is InChI=1S/C18H25NO7S/c1-18(17(21)22)12-27-16(19-18)13-9-14(20)11-15(10-13)26-8-7-25-6-5-24-4-3-23-2/h9-11,20H,3-8,12H2,1-2H3,(H,21,22)/t18-/m1/s1. The highest BCUT2D eigenvalue weighted by Gasteiger charge is 2.38. The monoisotopic (exact) mass is 399 g/mol. The highest BCUT2D eigenvalue weighted by molar-refractivity contribution is 8.14. The fourth-order valence-corrected chi connectivity index (χ4v) is 3.38. The number of hydrogen-bond donors (Lipinski definition) is 2. The van der Waals surface area contributed by atoms with E-state index in [1.165, 1.54) is 17.8 Å². The molecule has 0 unspecified atom stereocenters. The minimum atomic E-state index is -1.15. The number of hydrogen-bond acceptors (Lipinski definition) is 8. The number of nitrogens with zero attached hydrogens (tertiary/aromatic N) is 1. The predicted octanol–water partition coefficient (Wildman–Crippen LogP) is 1.79. The number of ether oxygens (including phenoxy) is 4. The van der Waals surface area contributed by atoms with Crippen LogP contribution in [0.4, 0.5) is 0 Å². The Bertz CT molecular complexity index is 667. The van der Waals surface area contributed by atoms with E-state index in [0.717, 1.165) is 0 Å². The molecular formula is C18H25NO7S. The second-order valence-electron chi connectivity index (χ2n) is 6.07. The lowest BCUT2D eigenvalue weighted by atomic mass is 10.1. The normalized spacial score (nSPS) is 19.1. The maximum atomic E-state index is 11.3. The van der Waals surface area contributed by atoms with Crippen molar-refractivity contribution in [2.24, 2.45) is 4.99 Å². The van der Waals surface area contributed by atoms with Crippen molar-refractivity contribution in [3.8, 4) is 11.5 Å². The van der Waals surface area contributed by atoms with Gasteiger partial charge in [0.15, 0.2) is 5.54 Å². The van der Waals surface area contributed by atoms with Crippen LogP contribution in [0.25, 0.3) is 0 Å². The summed E-state index contributed by atoms with van der Waals surface area (Å²) in [7, 11) is 1.62. The summed E-state index contributed by atoms with van der Waals surface area (Å²) in [5, 5.41) is 19.8. The zero-order valence-electron chi connectivity index (χ0n) is 15.5. The molecule has 0 aliphatic carbocycles. The number of aliphatic imine (C=N–C) groups is 1. The van der Waals surface area contributed by atoms with E-state index >= 15 is 0 Å². The number of phenolic OH excluding ortho intramolecular Hbond substituents is 1. The van der Waals surface area contributed by atoms with Crippen molar-refractivity contribution in [3.05, 3.63) is 23.8 Å². The van der Waals surface area contributed by atoms with Gasteiger partial charge in [0, 0.05) is 24.5 Å². The number of aliphatic carboxylic acids is 1. The lowest BCUT2D eigenvalue weighted by Gasteiger charge is -2.12. The summed E-state index contributed by atoms with van der Waals surface area (Å²) in [6.07, 6.45) is 0. The zero-order chi connectivity index (χ0) is 19.7. The average molecular weight is 399 g/mol. The van der Waals surface area contributed by atoms with Crippen molar-refractivity contribution in [1.29, 1.82) is 0 Å². The molecule has 1 atom stereocenters. The first-order chi connectivity index (χ1) is 12.9. The predicted molar refractivity (Wildman–Crippen MR) is 102 cm³/mol. The Morgan fingerprint density at radius 1 is 1.15 bits per heavy atom. The topological polar surface area (TPSA) is 107 Å². The first-order valence-corrected chi connectivity index (χ1v) is 9.51. The number of methoxy groups -OCH3 is 1. The Labute approximate surface area is 162 Å². The smallest absolute Gasteiger partial charge is 0.332 e. The average Bonchev–Trinajstić information content (AvgIpc) is 3.04. The van der Waals surface area contributed by atoms with Crippen molar-refractivity contribution >= 4 is 22.8 Å². The number of phenols is 1. The van der Waals surface area contributed by atoms with Gasteiger partial charge in [-0.15, -0.1) is 11.8 Å². The molecule has 0 bridgehead atoms. The van der Waals surface area contributed by atoms with E-state index in [1.54, 1.807) is 26.2 Å². The minimum Gasteiger partial charge on any atom is -0.508 e. The lowest BCUT2D eigenvalue weighted by molar-refractivity contribution is -0.141. The molecule has 1 aromatic rings. The molecule has 27 heavy (non-hydrogen) atoms. The van der Waals surface area contributed by atoms with Crippen LogP contribution in [0.1, 0.15) is 12.5 Å². The summed E-state index contributed by atoms with van der Waals surface area (Å²) in [5.41, 5.74) is -0.515. The maximum absolute atomic E-state index is 11.3. The Hall–Kier alpha value is -1.81. The molecule has 0 fully saturated rings. The van der Waals surface area contributed by atoms with Gasteiger partial charge >= 0.3 is 5.97 Å². The molecule has 0 amide bonds. The van der Waals surface area contributed by atoms with Gasteiger partial charge in [-0.2, -0.15) is 0 Å². The first kappa shape index (κ1) is 21.5. The molecule has 0 saturated heterocycles. The quantitative estimate of drug-likeness (QED) is 0.512. The first-order valence-electron chi connectivity index (χ1n) is 8.52. The van der Waals surface area contributed by atoms with Gasteiger partial charge in [0.2, 0.25) is 0 Å². The zero-order valence-corrected chi connectivity index (χ0v) is 16.3. The van der Waals surface area contributed by atoms with Crippen LogP contribution < -0.4 is 4.74 Å². The van der Waals surface area contributed by atoms with Gasteiger partial charge in [0.05, 0.1) is 38.1 Å². The van der Waals surface area contributed by atoms with Crippen LogP contribution in [0.5, 0.6) is 11.5 Å². The number of carboxylic acid groups (broad SMARTS) is 1. The molecule has 0 aromatic heterocycles. The number of thioether (sulfide) groups is 1. The van der Waals surface area contributed by atoms with Crippen LogP contribution in [0.15, 0.2) is 23.2 Å². The van der Waals surface area contributed by atoms with Crippen molar-refractivity contribution in [2.75, 3.05) is 52.5 Å². The molecule has 1 aromatic carbocycles. The van der Waals surface area contributed by atoms with Gasteiger partial charge in [-0.3, -0.25) is 4.99 Å². The van der Waals surface area contributed by atoms with E-state index in [0.29, 0.717) is 61.8 Å². The summed E-state index contributed by atoms with van der Waals surface area (Å²) in [6, 6.07) is 4.76. The maximum Gasteiger partial charge on any atom is 0.332 e. The van der Waals surface area contributed by atoms with Crippen LogP contribution in [0.2, 0.25) is 0 Å². The van der Waals surface area contributed by atoms with Gasteiger partial charge in [-0.1, -0.05) is 0 Å². The van der Waals surface area contributed by atoms with Crippen molar-refractivity contribution < 1.29 is 34.0 Å². The number of rotatable bonds is 12. The molecule has 2 rings (SSSR count). The van der Waals surface area contributed by atoms with Crippen LogP contribution >= 0.6 is 11.8 Å². The Morgan fingerprint density at radius 2 is 1.81 bits per heavy atom. The van der Waals surface area contributed by atoms with E-state index in [9.17, 15) is 15.0 Å². The Kier molecular flexibility index (Phi) is 8.36. The second kappa shape index (κ2) is 10.5. The number of carboxylic acids is 1. The summed E-state index contributed by atoms with van der Waals surface area (Å²) >= 11 is 1.35. The fraction of sp³-hybridized carbons (Fsp3) is 0.556. The van der Waals surface area contributed by atoms with E-state index in [4.69, 9.17) is 18.9 Å². The third-order valence-electron chi connectivity index (χ3n) is 3.74. The molecule has 0 saturated carbocycles. The molecule has 9 heteroatoms. The van der Waals surface area contributed by atoms with Gasteiger partial charge in [0.25, 0.3) is 0 Å². The largest absolute Gasteiger partial charge is 0.508 e. The molecule has 8 nitrogen and oxygen atoms in total. The van der Waals surface area contributed by atoms with Gasteiger partial charge in [-0.25, -0.2) is 4.79 Å². The number of carbonyl (C=O) groups is 1. The highest BCUT2D eigenvalue weighted by atomic mass is 32.2. The van der Waals surface area contributed by atoms with E-state index in [-0.39, 0.29) is 5.75 Å².